The summed E-state index contributed by atoms with van der Waals surface area (Å²) in [5.41, 5.74) is 1.88. The van der Waals surface area contributed by atoms with Crippen molar-refractivity contribution in [2.24, 2.45) is 0 Å². The highest BCUT2D eigenvalue weighted by Crippen LogP contribution is 2.09. The fourth-order valence-electron chi connectivity index (χ4n) is 1.76. The van der Waals surface area contributed by atoms with Crippen molar-refractivity contribution in [2.45, 2.75) is 20.3 Å². The summed E-state index contributed by atoms with van der Waals surface area (Å²) in [6.45, 7) is 4.88. The van der Waals surface area contributed by atoms with Gasteiger partial charge in [0.2, 0.25) is 5.91 Å². The second-order valence-corrected chi connectivity index (χ2v) is 4.71. The normalized spacial score (nSPS) is 10.4. The highest BCUT2D eigenvalue weighted by Gasteiger charge is 2.09. The third-order valence-corrected chi connectivity index (χ3v) is 2.72. The highest BCUT2D eigenvalue weighted by molar-refractivity contribution is 5.92. The quantitative estimate of drug-likeness (QED) is 0.773. The van der Waals surface area contributed by atoms with Crippen molar-refractivity contribution < 1.29 is 14.3 Å². The zero-order chi connectivity index (χ0) is 15.0. The number of aryl methyl sites for hydroxylation is 1. The van der Waals surface area contributed by atoms with E-state index in [0.29, 0.717) is 19.6 Å². The molecule has 5 nitrogen and oxygen atoms in total. The largest absolute Gasteiger partial charge is 0.466 e. The minimum Gasteiger partial charge on any atom is -0.466 e. The lowest BCUT2D eigenvalue weighted by atomic mass is 10.2. The number of carbonyl (C=O) groups is 2. The number of nitrogens with zero attached hydrogens (tertiary/aromatic N) is 1. The van der Waals surface area contributed by atoms with Gasteiger partial charge in [0.05, 0.1) is 19.6 Å². The van der Waals surface area contributed by atoms with Gasteiger partial charge in [-0.2, -0.15) is 0 Å². The Morgan fingerprint density at radius 3 is 2.75 bits per heavy atom. The fourth-order valence-corrected chi connectivity index (χ4v) is 1.76. The maximum absolute atomic E-state index is 11.8. The van der Waals surface area contributed by atoms with Gasteiger partial charge in [-0.1, -0.05) is 12.1 Å². The third kappa shape index (κ3) is 6.33. The van der Waals surface area contributed by atoms with E-state index in [2.05, 4.69) is 5.32 Å². The predicted molar refractivity (Wildman–Crippen MR) is 78.6 cm³/mol. The molecule has 0 saturated heterocycles. The monoisotopic (exact) mass is 278 g/mol. The number of hydrogen-bond donors (Lipinski definition) is 1. The standard InChI is InChI=1S/C15H22N2O3/c1-4-20-15(19)8-9-17(3)11-14(18)16-13-7-5-6-12(2)10-13/h5-7,10H,4,8-9,11H2,1-3H3,(H,16,18). The number of nitrogens with one attached hydrogen (secondary N) is 1. The van der Waals surface area contributed by atoms with E-state index in [9.17, 15) is 9.59 Å². The Hall–Kier alpha value is -1.88. The molecule has 0 spiro atoms. The summed E-state index contributed by atoms with van der Waals surface area (Å²) in [6, 6.07) is 7.64. The van der Waals surface area contributed by atoms with Gasteiger partial charge in [-0.25, -0.2) is 0 Å². The third-order valence-electron chi connectivity index (χ3n) is 2.72. The molecule has 0 fully saturated rings. The molecule has 110 valence electrons. The van der Waals surface area contributed by atoms with E-state index in [1.54, 1.807) is 18.9 Å². The smallest absolute Gasteiger partial charge is 0.307 e. The zero-order valence-corrected chi connectivity index (χ0v) is 12.3. The molecule has 0 aliphatic rings. The number of anilines is 1. The topological polar surface area (TPSA) is 58.6 Å². The minimum atomic E-state index is -0.238. The molecule has 5 heteroatoms. The number of hydrogen-bond acceptors (Lipinski definition) is 4. The van der Waals surface area contributed by atoms with Crippen molar-refractivity contribution in [1.82, 2.24) is 4.90 Å². The number of benzene rings is 1. The number of amides is 1. The Labute approximate surface area is 119 Å². The summed E-state index contributed by atoms with van der Waals surface area (Å²) in [6.07, 6.45) is 0.294. The van der Waals surface area contributed by atoms with Crippen LogP contribution in [0.25, 0.3) is 0 Å². The molecule has 0 saturated carbocycles. The molecular formula is C15H22N2O3. The van der Waals surface area contributed by atoms with Crippen molar-refractivity contribution in [3.63, 3.8) is 0 Å². The van der Waals surface area contributed by atoms with Crippen LogP contribution in [0.5, 0.6) is 0 Å². The van der Waals surface area contributed by atoms with Crippen LogP contribution in [0.3, 0.4) is 0 Å². The Bertz CT molecular complexity index is 460. The van der Waals surface area contributed by atoms with E-state index in [0.717, 1.165) is 11.3 Å². The lowest BCUT2D eigenvalue weighted by Gasteiger charge is -2.15. The molecule has 20 heavy (non-hydrogen) atoms. The van der Waals surface area contributed by atoms with Gasteiger partial charge < -0.3 is 10.1 Å². The molecule has 0 radical (unpaired) electrons. The highest BCUT2D eigenvalue weighted by atomic mass is 16.5. The lowest BCUT2D eigenvalue weighted by Crippen LogP contribution is -2.32. The second-order valence-electron chi connectivity index (χ2n) is 4.71. The van der Waals surface area contributed by atoms with Crippen LogP contribution < -0.4 is 5.32 Å². The van der Waals surface area contributed by atoms with E-state index in [4.69, 9.17) is 4.74 Å². The van der Waals surface area contributed by atoms with Crippen LogP contribution in [0.1, 0.15) is 18.9 Å². The lowest BCUT2D eigenvalue weighted by molar-refractivity contribution is -0.143. The molecule has 1 amide bonds. The van der Waals surface area contributed by atoms with Gasteiger partial charge in [-0.3, -0.25) is 14.5 Å². The first kappa shape index (κ1) is 16.2. The molecule has 1 rings (SSSR count). The van der Waals surface area contributed by atoms with Crippen molar-refractivity contribution in [2.75, 3.05) is 32.1 Å². The Balaban J connectivity index is 2.33. The first-order chi connectivity index (χ1) is 9.51. The summed E-state index contributed by atoms with van der Waals surface area (Å²) < 4.78 is 4.84. The minimum absolute atomic E-state index is 0.0954. The molecule has 1 N–H and O–H groups in total. The average molecular weight is 278 g/mol. The SMILES string of the molecule is CCOC(=O)CCN(C)CC(=O)Nc1cccc(C)c1. The number of likely N-dealkylation sites (N-methyl/N-ethyl adjacent to an activating group) is 1. The van der Waals surface area contributed by atoms with Crippen LogP contribution in [-0.2, 0) is 14.3 Å². The van der Waals surface area contributed by atoms with Gasteiger partial charge in [-0.05, 0) is 38.6 Å². The van der Waals surface area contributed by atoms with Crippen molar-refractivity contribution in [3.05, 3.63) is 29.8 Å². The van der Waals surface area contributed by atoms with Crippen LogP contribution in [0, 0.1) is 6.92 Å². The summed E-state index contributed by atoms with van der Waals surface area (Å²) in [5, 5.41) is 2.83. The molecule has 0 unspecified atom stereocenters. The maximum Gasteiger partial charge on any atom is 0.307 e. The number of rotatable bonds is 7. The average Bonchev–Trinajstić information content (AvgIpc) is 2.36. The summed E-state index contributed by atoms with van der Waals surface area (Å²) >= 11 is 0. The number of ether oxygens (including phenoxy) is 1. The van der Waals surface area contributed by atoms with E-state index < -0.39 is 0 Å². The fraction of sp³-hybridized carbons (Fsp3) is 0.467. The van der Waals surface area contributed by atoms with E-state index in [1.807, 2.05) is 31.2 Å². The molecule has 0 heterocycles. The first-order valence-corrected chi connectivity index (χ1v) is 6.72. The Morgan fingerprint density at radius 1 is 1.35 bits per heavy atom. The van der Waals surface area contributed by atoms with Crippen LogP contribution in [0.15, 0.2) is 24.3 Å². The van der Waals surface area contributed by atoms with Gasteiger partial charge in [0.15, 0.2) is 0 Å². The van der Waals surface area contributed by atoms with E-state index >= 15 is 0 Å². The van der Waals surface area contributed by atoms with Crippen molar-refractivity contribution in [1.29, 1.82) is 0 Å². The summed E-state index contributed by atoms with van der Waals surface area (Å²) in [4.78, 5) is 24.8. The van der Waals surface area contributed by atoms with Crippen LogP contribution in [-0.4, -0.2) is 43.5 Å². The molecule has 0 aromatic heterocycles. The second kappa shape index (κ2) is 8.32. The molecule has 0 aliphatic heterocycles. The van der Waals surface area contributed by atoms with Crippen molar-refractivity contribution in [3.8, 4) is 0 Å². The number of carbonyl (C=O) groups excluding carboxylic acids is 2. The molecule has 0 bridgehead atoms. The van der Waals surface area contributed by atoms with Crippen LogP contribution in [0.4, 0.5) is 5.69 Å². The summed E-state index contributed by atoms with van der Waals surface area (Å²) in [5.74, 6) is -0.333. The van der Waals surface area contributed by atoms with Gasteiger partial charge in [0.1, 0.15) is 0 Å². The maximum atomic E-state index is 11.8. The Kier molecular flexibility index (Phi) is 6.73. The van der Waals surface area contributed by atoms with E-state index in [-0.39, 0.29) is 18.4 Å². The van der Waals surface area contributed by atoms with Gasteiger partial charge in [0.25, 0.3) is 0 Å². The van der Waals surface area contributed by atoms with Crippen LogP contribution >= 0.6 is 0 Å². The van der Waals surface area contributed by atoms with Crippen molar-refractivity contribution >= 4 is 17.6 Å². The van der Waals surface area contributed by atoms with Crippen LogP contribution in [0.2, 0.25) is 0 Å². The zero-order valence-electron chi connectivity index (χ0n) is 12.3. The number of esters is 1. The molecular weight excluding hydrogens is 256 g/mol. The Morgan fingerprint density at radius 2 is 2.10 bits per heavy atom. The molecule has 0 aliphatic carbocycles. The first-order valence-electron chi connectivity index (χ1n) is 6.72. The summed E-state index contributed by atoms with van der Waals surface area (Å²) in [7, 11) is 1.80. The van der Waals surface area contributed by atoms with Gasteiger partial charge in [-0.15, -0.1) is 0 Å². The molecule has 1 aromatic carbocycles. The molecule has 1 aromatic rings. The van der Waals surface area contributed by atoms with Gasteiger partial charge in [0, 0.05) is 12.2 Å². The predicted octanol–water partition coefficient (Wildman–Crippen LogP) is 1.82. The van der Waals surface area contributed by atoms with Gasteiger partial charge >= 0.3 is 5.97 Å². The molecule has 0 atom stereocenters. The van der Waals surface area contributed by atoms with E-state index in [1.165, 1.54) is 0 Å².